The summed E-state index contributed by atoms with van der Waals surface area (Å²) in [6, 6.07) is 15.2. The molecule has 0 spiro atoms. The molecule has 1 aliphatic rings. The number of nitrogens with zero attached hydrogens (tertiary/aromatic N) is 3. The van der Waals surface area contributed by atoms with Crippen molar-refractivity contribution >= 4 is 9.84 Å². The first kappa shape index (κ1) is 22.8. The van der Waals surface area contributed by atoms with Crippen LogP contribution < -0.4 is 4.74 Å². The van der Waals surface area contributed by atoms with Gasteiger partial charge < -0.3 is 9.84 Å². The molecule has 0 bridgehead atoms. The van der Waals surface area contributed by atoms with Crippen LogP contribution in [0.1, 0.15) is 29.7 Å². The summed E-state index contributed by atoms with van der Waals surface area (Å²) >= 11 is 0. The van der Waals surface area contributed by atoms with E-state index in [1.54, 1.807) is 24.3 Å². The van der Waals surface area contributed by atoms with E-state index < -0.39 is 15.9 Å². The lowest BCUT2D eigenvalue weighted by atomic mass is 9.99. The molecule has 8 heteroatoms. The number of sulfone groups is 1. The number of benzene rings is 2. The van der Waals surface area contributed by atoms with Crippen LogP contribution in [0, 0.1) is 34.5 Å². The topological polar surface area (TPSA) is 114 Å². The summed E-state index contributed by atoms with van der Waals surface area (Å²) in [4.78, 5) is 2.41. The molecule has 31 heavy (non-hydrogen) atoms. The summed E-state index contributed by atoms with van der Waals surface area (Å²) in [6.45, 7) is 4.60. The van der Waals surface area contributed by atoms with E-state index in [9.17, 15) is 13.5 Å². The normalized spacial score (nSPS) is 20.0. The average Bonchev–Trinajstić information content (AvgIpc) is 3.10. The summed E-state index contributed by atoms with van der Waals surface area (Å²) < 4.78 is 29.0. The Labute approximate surface area is 183 Å². The second kappa shape index (κ2) is 9.49. The van der Waals surface area contributed by atoms with E-state index in [1.807, 2.05) is 12.1 Å². The fraction of sp³-hybridized carbons (Fsp3) is 0.391. The molecule has 2 aromatic rings. The largest absolute Gasteiger partial charge is 0.493 e. The Hall–Kier alpha value is -2.91. The van der Waals surface area contributed by atoms with Crippen molar-refractivity contribution < 1.29 is 18.3 Å². The number of ether oxygens (including phenoxy) is 1. The molecule has 2 unspecified atom stereocenters. The Morgan fingerprint density at radius 2 is 1.74 bits per heavy atom. The van der Waals surface area contributed by atoms with Gasteiger partial charge in [0.05, 0.1) is 40.9 Å². The zero-order chi connectivity index (χ0) is 22.6. The van der Waals surface area contributed by atoms with Gasteiger partial charge >= 0.3 is 0 Å². The van der Waals surface area contributed by atoms with E-state index in [4.69, 9.17) is 15.3 Å². The van der Waals surface area contributed by atoms with Gasteiger partial charge in [0, 0.05) is 31.8 Å². The summed E-state index contributed by atoms with van der Waals surface area (Å²) in [5, 5.41) is 28.9. The molecule has 1 fully saturated rings. The van der Waals surface area contributed by atoms with Crippen molar-refractivity contribution in [1.82, 2.24) is 4.90 Å². The van der Waals surface area contributed by atoms with Crippen LogP contribution in [0.15, 0.2) is 47.4 Å². The fourth-order valence-corrected chi connectivity index (χ4v) is 4.45. The van der Waals surface area contributed by atoms with E-state index in [-0.39, 0.29) is 10.8 Å². The monoisotopic (exact) mass is 439 g/mol. The SMILES string of the molecule is C[C@@H]1CN(CC(O)c2cc(C#N)cc(C#N)c2)CC1COc1ccc(S(C)(=O)=O)cc1. The maximum absolute atomic E-state index is 11.6. The van der Waals surface area contributed by atoms with E-state index >= 15 is 0 Å². The molecule has 0 saturated carbocycles. The molecule has 1 saturated heterocycles. The summed E-state index contributed by atoms with van der Waals surface area (Å²) in [5.74, 6) is 1.25. The molecule has 0 radical (unpaired) electrons. The van der Waals surface area contributed by atoms with Crippen LogP contribution in [0.25, 0.3) is 0 Å². The maximum atomic E-state index is 11.6. The quantitative estimate of drug-likeness (QED) is 0.705. The highest BCUT2D eigenvalue weighted by molar-refractivity contribution is 7.90. The van der Waals surface area contributed by atoms with Gasteiger partial charge in [0.15, 0.2) is 9.84 Å². The third kappa shape index (κ3) is 5.83. The van der Waals surface area contributed by atoms with Crippen molar-refractivity contribution in [2.45, 2.75) is 17.9 Å². The number of aliphatic hydroxyl groups excluding tert-OH is 1. The van der Waals surface area contributed by atoms with E-state index in [0.717, 1.165) is 13.1 Å². The molecule has 162 valence electrons. The minimum absolute atomic E-state index is 0.259. The molecule has 3 atom stereocenters. The van der Waals surface area contributed by atoms with Gasteiger partial charge in [-0.05, 0) is 53.9 Å². The van der Waals surface area contributed by atoms with Crippen molar-refractivity contribution in [2.75, 3.05) is 32.5 Å². The highest BCUT2D eigenvalue weighted by Gasteiger charge is 2.31. The minimum atomic E-state index is -3.23. The van der Waals surface area contributed by atoms with Crippen molar-refractivity contribution in [2.24, 2.45) is 11.8 Å². The number of β-amino-alcohol motifs (C(OH)–C–C–N with tert-alkyl or cyclic N) is 1. The number of rotatable bonds is 7. The van der Waals surface area contributed by atoms with Crippen LogP contribution in [-0.2, 0) is 9.84 Å². The number of likely N-dealkylation sites (tertiary alicyclic amines) is 1. The van der Waals surface area contributed by atoms with Gasteiger partial charge in [-0.2, -0.15) is 10.5 Å². The Bertz CT molecular complexity index is 1080. The molecule has 7 nitrogen and oxygen atoms in total. The second-order valence-corrected chi connectivity index (χ2v) is 10.1. The van der Waals surface area contributed by atoms with E-state index in [0.29, 0.717) is 41.5 Å². The van der Waals surface area contributed by atoms with Crippen LogP contribution in [0.5, 0.6) is 5.75 Å². The van der Waals surface area contributed by atoms with Crippen molar-refractivity contribution in [1.29, 1.82) is 10.5 Å². The van der Waals surface area contributed by atoms with Crippen molar-refractivity contribution in [3.05, 3.63) is 59.2 Å². The standard InChI is InChI=1S/C23H25N3O4S/c1-16-12-26(14-23(27)19-8-17(10-24)7-18(9-19)11-25)13-20(16)15-30-21-3-5-22(6-4-21)31(2,28)29/h3-9,16,20,23,27H,12-15H2,1-2H3/t16-,20?,23?/m1/s1. The average molecular weight is 440 g/mol. The molecule has 2 aromatic carbocycles. The first-order valence-corrected chi connectivity index (χ1v) is 11.9. The first-order valence-electron chi connectivity index (χ1n) is 9.98. The van der Waals surface area contributed by atoms with Crippen molar-refractivity contribution in [3.8, 4) is 17.9 Å². The molecular formula is C23H25N3O4S. The lowest BCUT2D eigenvalue weighted by Crippen LogP contribution is -2.27. The zero-order valence-electron chi connectivity index (χ0n) is 17.5. The zero-order valence-corrected chi connectivity index (χ0v) is 18.3. The van der Waals surface area contributed by atoms with Gasteiger partial charge in [-0.1, -0.05) is 6.92 Å². The van der Waals surface area contributed by atoms with Gasteiger partial charge in [-0.3, -0.25) is 4.90 Å². The lowest BCUT2D eigenvalue weighted by molar-refractivity contribution is 0.121. The Morgan fingerprint density at radius 1 is 1.13 bits per heavy atom. The molecular weight excluding hydrogens is 414 g/mol. The van der Waals surface area contributed by atoms with Gasteiger partial charge in [0.25, 0.3) is 0 Å². The molecule has 1 aliphatic heterocycles. The highest BCUT2D eigenvalue weighted by atomic mass is 32.2. The summed E-state index contributed by atoms with van der Waals surface area (Å²) in [7, 11) is -3.23. The number of hydrogen-bond acceptors (Lipinski definition) is 7. The lowest BCUT2D eigenvalue weighted by Gasteiger charge is -2.21. The smallest absolute Gasteiger partial charge is 0.175 e. The predicted octanol–water partition coefficient (Wildman–Crippen LogP) is 2.51. The maximum Gasteiger partial charge on any atom is 0.175 e. The third-order valence-electron chi connectivity index (χ3n) is 5.59. The molecule has 1 N–H and O–H groups in total. The van der Waals surface area contributed by atoms with Crippen LogP contribution in [0.4, 0.5) is 0 Å². The molecule has 0 amide bonds. The predicted molar refractivity (Wildman–Crippen MR) is 115 cm³/mol. The number of hydrogen-bond donors (Lipinski definition) is 1. The summed E-state index contributed by atoms with van der Waals surface area (Å²) in [6.07, 6.45) is 0.375. The van der Waals surface area contributed by atoms with Crippen LogP contribution in [0.2, 0.25) is 0 Å². The highest BCUT2D eigenvalue weighted by Crippen LogP contribution is 2.27. The molecule has 0 aromatic heterocycles. The molecule has 0 aliphatic carbocycles. The Kier molecular flexibility index (Phi) is 6.97. The third-order valence-corrected chi connectivity index (χ3v) is 6.72. The van der Waals surface area contributed by atoms with E-state index in [1.165, 1.54) is 24.5 Å². The number of aliphatic hydroxyl groups is 1. The Balaban J connectivity index is 1.57. The molecule has 1 heterocycles. The van der Waals surface area contributed by atoms with Crippen LogP contribution in [-0.4, -0.2) is 50.9 Å². The Morgan fingerprint density at radius 3 is 2.29 bits per heavy atom. The number of nitriles is 2. The van der Waals surface area contributed by atoms with Crippen LogP contribution >= 0.6 is 0 Å². The summed E-state index contributed by atoms with van der Waals surface area (Å²) in [5.41, 5.74) is 1.28. The van der Waals surface area contributed by atoms with Crippen LogP contribution in [0.3, 0.4) is 0 Å². The van der Waals surface area contributed by atoms with Gasteiger partial charge in [0.2, 0.25) is 0 Å². The van der Waals surface area contributed by atoms with E-state index in [2.05, 4.69) is 11.8 Å². The minimum Gasteiger partial charge on any atom is -0.493 e. The van der Waals surface area contributed by atoms with Crippen molar-refractivity contribution in [3.63, 3.8) is 0 Å². The fourth-order valence-electron chi connectivity index (χ4n) is 3.82. The first-order chi connectivity index (χ1) is 14.7. The van der Waals surface area contributed by atoms with Gasteiger partial charge in [-0.15, -0.1) is 0 Å². The molecule has 3 rings (SSSR count). The van der Waals surface area contributed by atoms with Gasteiger partial charge in [-0.25, -0.2) is 8.42 Å². The van der Waals surface area contributed by atoms with Gasteiger partial charge in [0.1, 0.15) is 5.75 Å². The second-order valence-electron chi connectivity index (χ2n) is 8.09.